The second-order valence-corrected chi connectivity index (χ2v) is 8.75. The minimum atomic E-state index is 0.296. The van der Waals surface area contributed by atoms with Gasteiger partial charge in [-0.2, -0.15) is 0 Å². The van der Waals surface area contributed by atoms with Crippen LogP contribution in [0.2, 0.25) is 0 Å². The van der Waals surface area contributed by atoms with E-state index in [-0.39, 0.29) is 0 Å². The molecule has 0 unspecified atom stereocenters. The van der Waals surface area contributed by atoms with E-state index >= 15 is 0 Å². The number of phenolic OH excluding ortho intramolecular Hbond substituents is 2. The van der Waals surface area contributed by atoms with Crippen LogP contribution in [0, 0.1) is 27.7 Å². The molecule has 2 heteroatoms. The third-order valence-electron chi connectivity index (χ3n) is 6.47. The van der Waals surface area contributed by atoms with Crippen molar-refractivity contribution in [3.63, 3.8) is 0 Å². The van der Waals surface area contributed by atoms with Gasteiger partial charge in [-0.05, 0) is 118 Å². The Morgan fingerprint density at radius 3 is 0.906 bits per heavy atom. The van der Waals surface area contributed by atoms with Crippen molar-refractivity contribution in [2.24, 2.45) is 0 Å². The van der Waals surface area contributed by atoms with Crippen LogP contribution in [-0.2, 0) is 0 Å². The lowest BCUT2D eigenvalue weighted by molar-refractivity contribution is 0.474. The normalized spacial score (nSPS) is 11.4. The van der Waals surface area contributed by atoms with Gasteiger partial charge < -0.3 is 10.2 Å². The molecular weight excluding hydrogens is 392 g/mol. The summed E-state index contributed by atoms with van der Waals surface area (Å²) >= 11 is 0. The predicted molar refractivity (Wildman–Crippen MR) is 135 cm³/mol. The third-order valence-corrected chi connectivity index (χ3v) is 6.47. The number of benzene rings is 5. The maximum atomic E-state index is 10.1. The Kier molecular flexibility index (Phi) is 4.67. The zero-order chi connectivity index (χ0) is 22.6. The number of phenols is 2. The fourth-order valence-electron chi connectivity index (χ4n) is 5.34. The quantitative estimate of drug-likeness (QED) is 0.285. The number of aromatic hydroxyl groups is 2. The molecule has 0 saturated carbocycles. The van der Waals surface area contributed by atoms with Crippen molar-refractivity contribution in [2.75, 3.05) is 0 Å². The maximum Gasteiger partial charge on any atom is 0.116 e. The Balaban J connectivity index is 2.04. The molecule has 0 spiro atoms. The highest BCUT2D eigenvalue weighted by Crippen LogP contribution is 2.47. The number of hydrogen-bond acceptors (Lipinski definition) is 2. The number of hydrogen-bond donors (Lipinski definition) is 2. The zero-order valence-electron chi connectivity index (χ0n) is 18.8. The summed E-state index contributed by atoms with van der Waals surface area (Å²) in [6.07, 6.45) is 0. The van der Waals surface area contributed by atoms with E-state index in [1.807, 2.05) is 24.3 Å². The molecule has 0 heterocycles. The Labute approximate surface area is 188 Å². The van der Waals surface area contributed by atoms with E-state index < -0.39 is 0 Å². The van der Waals surface area contributed by atoms with Gasteiger partial charge in [0.2, 0.25) is 0 Å². The predicted octanol–water partition coefficient (Wildman–Crippen LogP) is 7.97. The number of fused-ring (bicyclic) bond motifs is 2. The summed E-state index contributed by atoms with van der Waals surface area (Å²) in [7, 11) is 0. The first-order valence-electron chi connectivity index (χ1n) is 10.9. The second-order valence-electron chi connectivity index (χ2n) is 8.75. The van der Waals surface area contributed by atoms with Crippen molar-refractivity contribution in [1.29, 1.82) is 0 Å². The molecule has 0 aliphatic heterocycles. The fraction of sp³-hybridized carbons (Fsp3) is 0.133. The molecule has 0 aliphatic carbocycles. The molecule has 158 valence electrons. The van der Waals surface area contributed by atoms with Gasteiger partial charge in [-0.1, -0.05) is 48.5 Å². The smallest absolute Gasteiger partial charge is 0.116 e. The van der Waals surface area contributed by atoms with Crippen molar-refractivity contribution in [1.82, 2.24) is 0 Å². The molecule has 0 aromatic heterocycles. The first-order valence-corrected chi connectivity index (χ1v) is 10.9. The van der Waals surface area contributed by atoms with Gasteiger partial charge in [0, 0.05) is 0 Å². The molecule has 0 aliphatic rings. The van der Waals surface area contributed by atoms with Crippen LogP contribution < -0.4 is 0 Å². The van der Waals surface area contributed by atoms with Gasteiger partial charge in [-0.25, -0.2) is 0 Å². The van der Waals surface area contributed by atoms with Crippen molar-refractivity contribution >= 4 is 21.5 Å². The van der Waals surface area contributed by atoms with Gasteiger partial charge in [-0.15, -0.1) is 0 Å². The highest BCUT2D eigenvalue weighted by Gasteiger charge is 2.20. The summed E-state index contributed by atoms with van der Waals surface area (Å²) < 4.78 is 0. The van der Waals surface area contributed by atoms with Gasteiger partial charge >= 0.3 is 0 Å². The Morgan fingerprint density at radius 1 is 0.406 bits per heavy atom. The molecule has 0 amide bonds. The van der Waals surface area contributed by atoms with Gasteiger partial charge in [0.25, 0.3) is 0 Å². The summed E-state index contributed by atoms with van der Waals surface area (Å²) in [4.78, 5) is 0. The maximum absolute atomic E-state index is 10.1. The molecule has 5 aromatic rings. The molecule has 5 aromatic carbocycles. The van der Waals surface area contributed by atoms with Crippen molar-refractivity contribution in [3.05, 3.63) is 95.1 Å². The van der Waals surface area contributed by atoms with Gasteiger partial charge in [0.15, 0.2) is 0 Å². The number of aryl methyl sites for hydroxylation is 4. The highest BCUT2D eigenvalue weighted by atomic mass is 16.3. The van der Waals surface area contributed by atoms with Crippen LogP contribution in [0.25, 0.3) is 43.8 Å². The lowest BCUT2D eigenvalue weighted by Crippen LogP contribution is -1.96. The summed E-state index contributed by atoms with van der Waals surface area (Å²) in [5.74, 6) is 0.591. The summed E-state index contributed by atoms with van der Waals surface area (Å²) in [6.45, 7) is 8.25. The monoisotopic (exact) mass is 418 g/mol. The molecule has 32 heavy (non-hydrogen) atoms. The van der Waals surface area contributed by atoms with Crippen LogP contribution >= 0.6 is 0 Å². The summed E-state index contributed by atoms with van der Waals surface area (Å²) in [6, 6.07) is 24.5. The lowest BCUT2D eigenvalue weighted by Gasteiger charge is -2.22. The minimum Gasteiger partial charge on any atom is -0.508 e. The van der Waals surface area contributed by atoms with E-state index in [4.69, 9.17) is 0 Å². The van der Waals surface area contributed by atoms with Crippen LogP contribution in [0.4, 0.5) is 0 Å². The Bertz CT molecular complexity index is 1310. The van der Waals surface area contributed by atoms with Gasteiger partial charge in [0.1, 0.15) is 11.5 Å². The lowest BCUT2D eigenvalue weighted by atomic mass is 9.82. The molecule has 0 radical (unpaired) electrons. The van der Waals surface area contributed by atoms with Crippen LogP contribution in [-0.4, -0.2) is 10.2 Å². The first-order chi connectivity index (χ1) is 15.4. The van der Waals surface area contributed by atoms with E-state index in [1.165, 1.54) is 43.8 Å². The molecule has 5 rings (SSSR count). The molecule has 0 bridgehead atoms. The fourth-order valence-corrected chi connectivity index (χ4v) is 5.34. The third kappa shape index (κ3) is 3.03. The second kappa shape index (κ2) is 7.42. The Morgan fingerprint density at radius 2 is 0.656 bits per heavy atom. The Hall–Kier alpha value is -3.78. The molecule has 0 saturated heterocycles. The molecular formula is C30H26O2. The minimum absolute atomic E-state index is 0.296. The topological polar surface area (TPSA) is 40.5 Å². The van der Waals surface area contributed by atoms with Crippen LogP contribution in [0.5, 0.6) is 11.5 Å². The van der Waals surface area contributed by atoms with Crippen molar-refractivity contribution in [3.8, 4) is 33.8 Å². The molecule has 2 nitrogen and oxygen atoms in total. The molecule has 0 atom stereocenters. The van der Waals surface area contributed by atoms with E-state index in [1.54, 1.807) is 0 Å². The zero-order valence-corrected chi connectivity index (χ0v) is 18.8. The average Bonchev–Trinajstić information content (AvgIpc) is 2.73. The number of rotatable bonds is 2. The van der Waals surface area contributed by atoms with Crippen LogP contribution in [0.3, 0.4) is 0 Å². The largest absolute Gasteiger partial charge is 0.508 e. The van der Waals surface area contributed by atoms with E-state index in [0.717, 1.165) is 22.3 Å². The highest BCUT2D eigenvalue weighted by molar-refractivity contribution is 6.22. The summed E-state index contributed by atoms with van der Waals surface area (Å²) in [5, 5.41) is 25.0. The first kappa shape index (κ1) is 20.1. The van der Waals surface area contributed by atoms with Crippen molar-refractivity contribution < 1.29 is 10.2 Å². The standard InChI is InChI=1S/C30H26O2/c1-17-13-21(31)14-18(2)27(17)29-23-9-5-7-11-25(23)30(26-12-8-6-10-24(26)29)28-19(3)15-22(32)16-20(28)4/h5-16,31-32H,1-4H3. The summed E-state index contributed by atoms with van der Waals surface area (Å²) in [5.41, 5.74) is 8.96. The average molecular weight is 419 g/mol. The van der Waals surface area contributed by atoms with E-state index in [2.05, 4.69) is 76.2 Å². The van der Waals surface area contributed by atoms with Crippen molar-refractivity contribution in [2.45, 2.75) is 27.7 Å². The van der Waals surface area contributed by atoms with E-state index in [0.29, 0.717) is 11.5 Å². The van der Waals surface area contributed by atoms with Gasteiger partial charge in [-0.3, -0.25) is 0 Å². The van der Waals surface area contributed by atoms with E-state index in [9.17, 15) is 10.2 Å². The molecule has 0 fully saturated rings. The van der Waals surface area contributed by atoms with Gasteiger partial charge in [0.05, 0.1) is 0 Å². The van der Waals surface area contributed by atoms with Crippen LogP contribution in [0.1, 0.15) is 22.3 Å². The molecule has 2 N–H and O–H groups in total. The van der Waals surface area contributed by atoms with Crippen LogP contribution in [0.15, 0.2) is 72.8 Å². The SMILES string of the molecule is Cc1cc(O)cc(C)c1-c1c2ccccc2c(-c2c(C)cc(O)cc2C)c2ccccc12.